The molecule has 2 aliphatic rings. The molecular formula is C20H26N4O2. The minimum Gasteiger partial charge on any atom is -0.493 e. The normalized spacial score (nSPS) is 21.4. The Kier molecular flexibility index (Phi) is 4.66. The van der Waals surface area contributed by atoms with E-state index in [2.05, 4.69) is 26.6 Å². The van der Waals surface area contributed by atoms with Crippen LogP contribution in [0.15, 0.2) is 24.3 Å². The van der Waals surface area contributed by atoms with Crippen molar-refractivity contribution in [2.45, 2.75) is 64.6 Å². The minimum atomic E-state index is 0.0808. The summed E-state index contributed by atoms with van der Waals surface area (Å²) in [7, 11) is 0. The third-order valence-electron chi connectivity index (χ3n) is 5.46. The number of carbonyl (C=O) groups excluding carboxylic acids is 1. The highest BCUT2D eigenvalue weighted by Crippen LogP contribution is 2.34. The molecule has 0 unspecified atom stereocenters. The van der Waals surface area contributed by atoms with Gasteiger partial charge < -0.3 is 14.2 Å². The van der Waals surface area contributed by atoms with Crippen molar-refractivity contribution in [3.63, 3.8) is 0 Å². The second-order valence-electron chi connectivity index (χ2n) is 7.12. The molecule has 1 amide bonds. The summed E-state index contributed by atoms with van der Waals surface area (Å²) in [4.78, 5) is 15.5. The van der Waals surface area contributed by atoms with E-state index < -0.39 is 0 Å². The molecule has 0 radical (unpaired) electrons. The van der Waals surface area contributed by atoms with Crippen molar-refractivity contribution < 1.29 is 9.53 Å². The maximum absolute atomic E-state index is 13.4. The first-order valence-electron chi connectivity index (χ1n) is 9.68. The van der Waals surface area contributed by atoms with Crippen molar-refractivity contribution >= 4 is 5.91 Å². The first kappa shape index (κ1) is 17.1. The summed E-state index contributed by atoms with van der Waals surface area (Å²) >= 11 is 0. The van der Waals surface area contributed by atoms with Crippen LogP contribution in [0.3, 0.4) is 0 Å². The van der Waals surface area contributed by atoms with E-state index in [4.69, 9.17) is 4.74 Å². The van der Waals surface area contributed by atoms with Crippen molar-refractivity contribution in [3.05, 3.63) is 41.5 Å². The van der Waals surface area contributed by atoms with E-state index in [9.17, 15) is 4.79 Å². The van der Waals surface area contributed by atoms with Crippen molar-refractivity contribution in [3.8, 4) is 5.75 Å². The maximum atomic E-state index is 13.4. The summed E-state index contributed by atoms with van der Waals surface area (Å²) in [6, 6.07) is 7.98. The van der Waals surface area contributed by atoms with Crippen LogP contribution in [0.2, 0.25) is 0 Å². The number of ether oxygens (including phenoxy) is 1. The highest BCUT2D eigenvalue weighted by Gasteiger charge is 2.41. The van der Waals surface area contributed by atoms with Gasteiger partial charge in [-0.1, -0.05) is 19.1 Å². The second-order valence-corrected chi connectivity index (χ2v) is 7.12. The van der Waals surface area contributed by atoms with Crippen LogP contribution in [0.25, 0.3) is 0 Å². The van der Waals surface area contributed by atoms with Gasteiger partial charge in [0.1, 0.15) is 17.4 Å². The van der Waals surface area contributed by atoms with E-state index in [1.807, 2.05) is 31.2 Å². The highest BCUT2D eigenvalue weighted by atomic mass is 16.5. The van der Waals surface area contributed by atoms with E-state index in [-0.39, 0.29) is 18.0 Å². The Hall–Kier alpha value is -2.37. The van der Waals surface area contributed by atoms with Crippen LogP contribution in [-0.2, 0) is 19.4 Å². The second kappa shape index (κ2) is 7.09. The summed E-state index contributed by atoms with van der Waals surface area (Å²) in [6.45, 7) is 5.46. The van der Waals surface area contributed by atoms with Gasteiger partial charge in [0, 0.05) is 25.4 Å². The van der Waals surface area contributed by atoms with Crippen LogP contribution >= 0.6 is 0 Å². The Morgan fingerprint density at radius 3 is 2.81 bits per heavy atom. The molecule has 1 aromatic heterocycles. The minimum absolute atomic E-state index is 0.0808. The number of hydrogen-bond acceptors (Lipinski definition) is 4. The van der Waals surface area contributed by atoms with E-state index in [1.54, 1.807) is 0 Å². The first-order valence-corrected chi connectivity index (χ1v) is 9.68. The molecule has 6 nitrogen and oxygen atoms in total. The third kappa shape index (κ3) is 2.87. The number of rotatable bonds is 5. The molecule has 1 aromatic carbocycles. The number of aromatic nitrogens is 3. The van der Waals surface area contributed by atoms with Crippen LogP contribution in [0.1, 0.15) is 55.1 Å². The van der Waals surface area contributed by atoms with Gasteiger partial charge >= 0.3 is 0 Å². The van der Waals surface area contributed by atoms with Crippen LogP contribution in [0.5, 0.6) is 5.75 Å². The quantitative estimate of drug-likeness (QED) is 0.828. The van der Waals surface area contributed by atoms with Crippen LogP contribution in [0, 0.1) is 0 Å². The van der Waals surface area contributed by atoms with Crippen LogP contribution in [0.4, 0.5) is 0 Å². The smallest absolute Gasteiger partial charge is 0.258 e. The Bertz CT molecular complexity index is 801. The molecule has 2 aliphatic heterocycles. The Labute approximate surface area is 154 Å². The zero-order chi connectivity index (χ0) is 18.1. The zero-order valence-corrected chi connectivity index (χ0v) is 15.5. The van der Waals surface area contributed by atoms with Crippen LogP contribution < -0.4 is 4.74 Å². The SMILES string of the molecule is CCCc1nnc2n1C[C@H]1CC[C@@H](C2)N1C(=O)c1ccccc1OCC. The predicted octanol–water partition coefficient (Wildman–Crippen LogP) is 2.86. The number of aryl methyl sites for hydroxylation is 1. The largest absolute Gasteiger partial charge is 0.493 e. The van der Waals surface area contributed by atoms with Gasteiger partial charge in [0.05, 0.1) is 18.2 Å². The van der Waals surface area contributed by atoms with Crippen molar-refractivity contribution in [1.82, 2.24) is 19.7 Å². The lowest BCUT2D eigenvalue weighted by atomic mass is 10.1. The molecule has 0 N–H and O–H groups in total. The number of carbonyl (C=O) groups is 1. The Morgan fingerprint density at radius 1 is 1.19 bits per heavy atom. The lowest BCUT2D eigenvalue weighted by Gasteiger charge is -2.28. The molecule has 26 heavy (non-hydrogen) atoms. The summed E-state index contributed by atoms with van der Waals surface area (Å²) in [6.07, 6.45) is 4.84. The fraction of sp³-hybridized carbons (Fsp3) is 0.550. The number of nitrogens with zero attached hydrogens (tertiary/aromatic N) is 4. The predicted molar refractivity (Wildman–Crippen MR) is 98.3 cm³/mol. The van der Waals surface area contributed by atoms with Gasteiger partial charge in [0.2, 0.25) is 0 Å². The molecule has 2 atom stereocenters. The fourth-order valence-electron chi connectivity index (χ4n) is 4.30. The molecular weight excluding hydrogens is 328 g/mol. The molecule has 3 heterocycles. The Balaban J connectivity index is 1.64. The molecule has 1 fully saturated rings. The third-order valence-corrected chi connectivity index (χ3v) is 5.46. The van der Waals surface area contributed by atoms with Gasteiger partial charge in [0.15, 0.2) is 0 Å². The van der Waals surface area contributed by atoms with Gasteiger partial charge in [-0.15, -0.1) is 10.2 Å². The molecule has 0 aliphatic carbocycles. The molecule has 4 rings (SSSR count). The van der Waals surface area contributed by atoms with Crippen molar-refractivity contribution in [1.29, 1.82) is 0 Å². The molecule has 6 heteroatoms. The molecule has 0 saturated carbocycles. The van der Waals surface area contributed by atoms with E-state index in [1.165, 1.54) is 0 Å². The molecule has 1 saturated heterocycles. The van der Waals surface area contributed by atoms with Gasteiger partial charge in [-0.3, -0.25) is 4.79 Å². The van der Waals surface area contributed by atoms with Gasteiger partial charge in [-0.25, -0.2) is 0 Å². The average Bonchev–Trinajstić information content (AvgIpc) is 3.15. The molecule has 2 bridgehead atoms. The standard InChI is InChI=1S/C20H26N4O2/c1-3-7-18-21-22-19-12-14-10-11-15(13-23(18)19)24(14)20(25)16-8-5-6-9-17(16)26-4-2/h5-6,8-9,14-15H,3-4,7,10-13H2,1-2H3/t14-,15+/m0/s1. The van der Waals surface area contributed by atoms with Gasteiger partial charge in [-0.05, 0) is 38.3 Å². The average molecular weight is 354 g/mol. The Morgan fingerprint density at radius 2 is 2.00 bits per heavy atom. The topological polar surface area (TPSA) is 60.2 Å². The first-order chi connectivity index (χ1) is 12.7. The number of para-hydroxylation sites is 1. The fourth-order valence-corrected chi connectivity index (χ4v) is 4.30. The molecule has 2 aromatic rings. The molecule has 138 valence electrons. The van der Waals surface area contributed by atoms with E-state index in [0.717, 1.165) is 50.3 Å². The maximum Gasteiger partial charge on any atom is 0.258 e. The number of hydrogen-bond donors (Lipinski definition) is 0. The number of amides is 1. The van der Waals surface area contributed by atoms with Crippen molar-refractivity contribution in [2.75, 3.05) is 6.61 Å². The van der Waals surface area contributed by atoms with E-state index >= 15 is 0 Å². The number of benzene rings is 1. The van der Waals surface area contributed by atoms with Gasteiger partial charge in [0.25, 0.3) is 5.91 Å². The number of fused-ring (bicyclic) bond motifs is 3. The van der Waals surface area contributed by atoms with Gasteiger partial charge in [-0.2, -0.15) is 0 Å². The molecule has 0 spiro atoms. The summed E-state index contributed by atoms with van der Waals surface area (Å²) in [5, 5.41) is 8.80. The van der Waals surface area contributed by atoms with Crippen molar-refractivity contribution in [2.24, 2.45) is 0 Å². The highest BCUT2D eigenvalue weighted by molar-refractivity contribution is 5.97. The summed E-state index contributed by atoms with van der Waals surface area (Å²) in [5.41, 5.74) is 0.665. The monoisotopic (exact) mass is 354 g/mol. The summed E-state index contributed by atoms with van der Waals surface area (Å²) in [5.74, 6) is 2.83. The van der Waals surface area contributed by atoms with E-state index in [0.29, 0.717) is 17.9 Å². The lowest BCUT2D eigenvalue weighted by Crippen LogP contribution is -2.42. The lowest BCUT2D eigenvalue weighted by molar-refractivity contribution is 0.0661. The summed E-state index contributed by atoms with van der Waals surface area (Å²) < 4.78 is 7.95. The van der Waals surface area contributed by atoms with Crippen LogP contribution in [-0.4, -0.2) is 44.3 Å². The zero-order valence-electron chi connectivity index (χ0n) is 15.5.